The van der Waals surface area contributed by atoms with Gasteiger partial charge in [-0.3, -0.25) is 4.79 Å². The summed E-state index contributed by atoms with van der Waals surface area (Å²) in [5.41, 5.74) is 3.74. The van der Waals surface area contributed by atoms with E-state index < -0.39 is 0 Å². The number of halogens is 1. The molecular weight excluding hydrogens is 341 g/mol. The quantitative estimate of drug-likeness (QED) is 0.627. The van der Waals surface area contributed by atoms with Crippen molar-refractivity contribution in [2.24, 2.45) is 0 Å². The third-order valence-electron chi connectivity index (χ3n) is 4.66. The fraction of sp³-hybridized carbons (Fsp3) is 0.318. The second kappa shape index (κ2) is 8.71. The van der Waals surface area contributed by atoms with Gasteiger partial charge in [0.1, 0.15) is 5.82 Å². The lowest BCUT2D eigenvalue weighted by molar-refractivity contribution is -0.110. The van der Waals surface area contributed by atoms with Gasteiger partial charge in [-0.25, -0.2) is 4.39 Å². The molecule has 2 N–H and O–H groups in total. The maximum absolute atomic E-state index is 13.5. The van der Waals surface area contributed by atoms with E-state index in [0.717, 1.165) is 25.2 Å². The Hall–Kier alpha value is -2.82. The molecule has 0 radical (unpaired) electrons. The van der Waals surface area contributed by atoms with Crippen LogP contribution in [0.15, 0.2) is 48.7 Å². The predicted molar refractivity (Wildman–Crippen MR) is 110 cm³/mol. The summed E-state index contributed by atoms with van der Waals surface area (Å²) in [5, 5.41) is 5.90. The lowest BCUT2D eigenvalue weighted by Crippen LogP contribution is -2.25. The van der Waals surface area contributed by atoms with Gasteiger partial charge in [-0.1, -0.05) is 20.3 Å². The van der Waals surface area contributed by atoms with Crippen molar-refractivity contribution in [3.05, 3.63) is 60.0 Å². The molecule has 1 heterocycles. The molecule has 2 aromatic carbocycles. The minimum absolute atomic E-state index is 0.228. The summed E-state index contributed by atoms with van der Waals surface area (Å²) in [6.45, 7) is 6.49. The average molecular weight is 367 g/mol. The Labute approximate surface area is 160 Å². The molecule has 27 heavy (non-hydrogen) atoms. The van der Waals surface area contributed by atoms with Gasteiger partial charge >= 0.3 is 0 Å². The zero-order valence-corrected chi connectivity index (χ0v) is 15.9. The van der Waals surface area contributed by atoms with Gasteiger partial charge in [0, 0.05) is 41.9 Å². The molecule has 0 saturated heterocycles. The Morgan fingerprint density at radius 2 is 1.85 bits per heavy atom. The van der Waals surface area contributed by atoms with Gasteiger partial charge < -0.3 is 15.5 Å². The van der Waals surface area contributed by atoms with Crippen LogP contribution in [0.25, 0.3) is 5.57 Å². The molecule has 0 aromatic heterocycles. The van der Waals surface area contributed by atoms with Crippen LogP contribution in [0.1, 0.15) is 38.7 Å². The molecule has 0 unspecified atom stereocenters. The van der Waals surface area contributed by atoms with E-state index in [1.807, 2.05) is 12.1 Å². The summed E-state index contributed by atoms with van der Waals surface area (Å²) in [4.78, 5) is 14.5. The molecule has 142 valence electrons. The highest BCUT2D eigenvalue weighted by molar-refractivity contribution is 6.31. The molecule has 0 saturated carbocycles. The lowest BCUT2D eigenvalue weighted by atomic mass is 10.1. The van der Waals surface area contributed by atoms with Crippen LogP contribution in [0, 0.1) is 5.82 Å². The van der Waals surface area contributed by atoms with Gasteiger partial charge in [0.15, 0.2) is 0 Å². The predicted octanol–water partition coefficient (Wildman–Crippen LogP) is 5.25. The summed E-state index contributed by atoms with van der Waals surface area (Å²) in [5.74, 6) is -0.586. The van der Waals surface area contributed by atoms with Crippen LogP contribution in [0.3, 0.4) is 0 Å². The third kappa shape index (κ3) is 4.48. The summed E-state index contributed by atoms with van der Waals surface area (Å²) in [6.07, 6.45) is 5.10. The van der Waals surface area contributed by atoms with Crippen LogP contribution < -0.4 is 15.5 Å². The zero-order valence-electron chi connectivity index (χ0n) is 15.9. The summed E-state index contributed by atoms with van der Waals surface area (Å²) < 4.78 is 13.5. The van der Waals surface area contributed by atoms with Crippen molar-refractivity contribution in [3.63, 3.8) is 0 Å². The lowest BCUT2D eigenvalue weighted by Gasteiger charge is -2.24. The third-order valence-corrected chi connectivity index (χ3v) is 4.66. The second-order valence-corrected chi connectivity index (χ2v) is 6.73. The number of rotatable bonds is 8. The van der Waals surface area contributed by atoms with E-state index in [0.29, 0.717) is 16.8 Å². The van der Waals surface area contributed by atoms with E-state index in [1.165, 1.54) is 30.7 Å². The molecule has 2 aromatic rings. The van der Waals surface area contributed by atoms with Gasteiger partial charge in [0.2, 0.25) is 0 Å². The Balaban J connectivity index is 1.73. The van der Waals surface area contributed by atoms with E-state index in [9.17, 15) is 9.18 Å². The highest BCUT2D eigenvalue weighted by Crippen LogP contribution is 2.32. The molecule has 4 nitrogen and oxygen atoms in total. The van der Waals surface area contributed by atoms with Crippen molar-refractivity contribution in [3.8, 4) is 0 Å². The van der Waals surface area contributed by atoms with Crippen LogP contribution in [-0.2, 0) is 4.79 Å². The van der Waals surface area contributed by atoms with Crippen LogP contribution in [-0.4, -0.2) is 19.0 Å². The van der Waals surface area contributed by atoms with Crippen LogP contribution >= 0.6 is 0 Å². The number of benzene rings is 2. The summed E-state index contributed by atoms with van der Waals surface area (Å²) >= 11 is 0. The largest absolute Gasteiger partial charge is 0.372 e. The SMILES string of the molecule is CCCCN(CCC)c1ccc(NC=C2C(=O)Nc3ccc(F)cc32)cc1. The van der Waals surface area contributed by atoms with E-state index in [2.05, 4.69) is 41.5 Å². The first-order valence-electron chi connectivity index (χ1n) is 9.55. The van der Waals surface area contributed by atoms with Crippen LogP contribution in [0.5, 0.6) is 0 Å². The fourth-order valence-corrected chi connectivity index (χ4v) is 3.22. The van der Waals surface area contributed by atoms with E-state index in [4.69, 9.17) is 0 Å². The van der Waals surface area contributed by atoms with Crippen molar-refractivity contribution in [1.29, 1.82) is 0 Å². The number of carbonyl (C=O) groups excluding carboxylic acids is 1. The number of unbranched alkanes of at least 4 members (excludes halogenated alkanes) is 1. The van der Waals surface area contributed by atoms with Crippen LogP contribution in [0.4, 0.5) is 21.5 Å². The Bertz CT molecular complexity index is 830. The highest BCUT2D eigenvalue weighted by atomic mass is 19.1. The number of hydrogen-bond donors (Lipinski definition) is 2. The molecule has 1 aliphatic rings. The summed E-state index contributed by atoms with van der Waals surface area (Å²) in [6, 6.07) is 12.5. The van der Waals surface area contributed by atoms with Crippen molar-refractivity contribution in [2.45, 2.75) is 33.1 Å². The van der Waals surface area contributed by atoms with E-state index >= 15 is 0 Å². The van der Waals surface area contributed by atoms with Crippen molar-refractivity contribution < 1.29 is 9.18 Å². The molecule has 0 bridgehead atoms. The molecular formula is C22H26FN3O. The van der Waals surface area contributed by atoms with Crippen molar-refractivity contribution >= 4 is 28.5 Å². The zero-order chi connectivity index (χ0) is 19.2. The van der Waals surface area contributed by atoms with Gasteiger partial charge in [-0.15, -0.1) is 0 Å². The van der Waals surface area contributed by atoms with E-state index in [-0.39, 0.29) is 11.7 Å². The number of fused-ring (bicyclic) bond motifs is 1. The standard InChI is InChI=1S/C22H26FN3O/c1-3-5-13-26(12-4-2)18-9-7-17(8-10-18)24-15-20-19-14-16(23)6-11-21(19)25-22(20)27/h6-11,14-15,24H,3-5,12-13H2,1-2H3,(H,25,27). The molecule has 0 spiro atoms. The van der Waals surface area contributed by atoms with Crippen molar-refractivity contribution in [1.82, 2.24) is 0 Å². The molecule has 0 atom stereocenters. The molecule has 0 aliphatic carbocycles. The molecule has 0 fully saturated rings. The topological polar surface area (TPSA) is 44.4 Å². The maximum atomic E-state index is 13.5. The first-order chi connectivity index (χ1) is 13.1. The van der Waals surface area contributed by atoms with Gasteiger partial charge in [-0.05, 0) is 55.3 Å². The molecule has 5 heteroatoms. The van der Waals surface area contributed by atoms with Crippen LogP contribution in [0.2, 0.25) is 0 Å². The number of nitrogens with one attached hydrogen (secondary N) is 2. The normalized spacial score (nSPS) is 14.2. The monoisotopic (exact) mass is 367 g/mol. The first-order valence-corrected chi connectivity index (χ1v) is 9.55. The van der Waals surface area contributed by atoms with E-state index in [1.54, 1.807) is 12.3 Å². The highest BCUT2D eigenvalue weighted by Gasteiger charge is 2.24. The minimum Gasteiger partial charge on any atom is -0.372 e. The average Bonchev–Trinajstić information content (AvgIpc) is 2.98. The molecule has 1 aliphatic heterocycles. The second-order valence-electron chi connectivity index (χ2n) is 6.73. The fourth-order valence-electron chi connectivity index (χ4n) is 3.22. The number of amides is 1. The number of nitrogens with zero attached hydrogens (tertiary/aromatic N) is 1. The minimum atomic E-state index is -0.358. The van der Waals surface area contributed by atoms with Gasteiger partial charge in [0.25, 0.3) is 5.91 Å². The Morgan fingerprint density at radius 3 is 2.56 bits per heavy atom. The smallest absolute Gasteiger partial charge is 0.257 e. The molecule has 3 rings (SSSR count). The Morgan fingerprint density at radius 1 is 1.07 bits per heavy atom. The van der Waals surface area contributed by atoms with Gasteiger partial charge in [-0.2, -0.15) is 0 Å². The number of hydrogen-bond acceptors (Lipinski definition) is 3. The number of anilines is 3. The number of carbonyl (C=O) groups is 1. The Kier molecular flexibility index (Phi) is 6.12. The first kappa shape index (κ1) is 19.0. The van der Waals surface area contributed by atoms with Crippen molar-refractivity contribution in [2.75, 3.05) is 28.6 Å². The molecule has 1 amide bonds. The van der Waals surface area contributed by atoms with Gasteiger partial charge in [0.05, 0.1) is 5.57 Å². The summed E-state index contributed by atoms with van der Waals surface area (Å²) in [7, 11) is 0. The maximum Gasteiger partial charge on any atom is 0.257 e.